The summed E-state index contributed by atoms with van der Waals surface area (Å²) in [6.07, 6.45) is 2.39. The fraction of sp³-hybridized carbons (Fsp3) is 0.500. The number of ether oxygens (including phenoxy) is 2. The minimum atomic E-state index is -0.384. The van der Waals surface area contributed by atoms with Crippen LogP contribution in [-0.2, 0) is 9.47 Å². The fourth-order valence-corrected chi connectivity index (χ4v) is 2.27. The highest BCUT2D eigenvalue weighted by Crippen LogP contribution is 2.24. The molecule has 1 fully saturated rings. The van der Waals surface area contributed by atoms with Crippen molar-refractivity contribution >= 4 is 17.3 Å². The molecule has 1 aliphatic heterocycles. The highest BCUT2D eigenvalue weighted by Gasteiger charge is 2.22. The monoisotopic (exact) mass is 264 g/mol. The summed E-state index contributed by atoms with van der Waals surface area (Å²) in [6.45, 7) is 2.90. The van der Waals surface area contributed by atoms with Crippen molar-refractivity contribution in [3.8, 4) is 0 Å². The topological polar surface area (TPSA) is 73.6 Å². The lowest BCUT2D eigenvalue weighted by Gasteiger charge is -2.22. The summed E-state index contributed by atoms with van der Waals surface area (Å²) in [6, 6.07) is 5.31. The van der Waals surface area contributed by atoms with Crippen molar-refractivity contribution in [1.82, 2.24) is 0 Å². The van der Waals surface area contributed by atoms with Gasteiger partial charge in [-0.1, -0.05) is 0 Å². The minimum absolute atomic E-state index is 0.189. The van der Waals surface area contributed by atoms with E-state index in [4.69, 9.17) is 10.5 Å². The van der Waals surface area contributed by atoms with Crippen LogP contribution in [0.2, 0.25) is 0 Å². The number of benzene rings is 1. The second kappa shape index (κ2) is 5.93. The highest BCUT2D eigenvalue weighted by molar-refractivity contribution is 5.91. The summed E-state index contributed by atoms with van der Waals surface area (Å²) in [7, 11) is 1.35. The molecule has 0 aliphatic carbocycles. The Kier molecular flexibility index (Phi) is 4.27. The molecule has 2 unspecified atom stereocenters. The molecule has 1 aromatic carbocycles. The van der Waals surface area contributed by atoms with Crippen LogP contribution in [0.3, 0.4) is 0 Å². The molecule has 5 heteroatoms. The van der Waals surface area contributed by atoms with E-state index < -0.39 is 0 Å². The maximum absolute atomic E-state index is 11.4. The third-order valence-corrected chi connectivity index (χ3v) is 3.38. The molecular weight excluding hydrogens is 244 g/mol. The number of rotatable bonds is 4. The predicted octanol–water partition coefficient (Wildman–Crippen LogP) is 2.03. The Morgan fingerprint density at radius 1 is 1.58 bits per heavy atom. The van der Waals surface area contributed by atoms with Crippen LogP contribution in [0.1, 0.15) is 30.1 Å². The van der Waals surface area contributed by atoms with E-state index in [1.165, 1.54) is 7.11 Å². The average molecular weight is 264 g/mol. The third-order valence-electron chi connectivity index (χ3n) is 3.38. The van der Waals surface area contributed by atoms with E-state index in [1.54, 1.807) is 18.2 Å². The van der Waals surface area contributed by atoms with Crippen LogP contribution in [-0.4, -0.2) is 31.8 Å². The molecule has 19 heavy (non-hydrogen) atoms. The van der Waals surface area contributed by atoms with Crippen LogP contribution < -0.4 is 11.1 Å². The van der Waals surface area contributed by atoms with Crippen LogP contribution >= 0.6 is 0 Å². The zero-order chi connectivity index (χ0) is 13.8. The third kappa shape index (κ3) is 3.17. The molecule has 2 rings (SSSR count). The quantitative estimate of drug-likeness (QED) is 0.643. The van der Waals surface area contributed by atoms with Gasteiger partial charge in [0.15, 0.2) is 0 Å². The molecule has 1 heterocycles. The zero-order valence-electron chi connectivity index (χ0n) is 11.3. The number of carbonyl (C=O) groups excluding carboxylic acids is 1. The maximum Gasteiger partial charge on any atom is 0.337 e. The molecule has 0 bridgehead atoms. The largest absolute Gasteiger partial charge is 0.465 e. The first-order valence-corrected chi connectivity index (χ1v) is 6.48. The minimum Gasteiger partial charge on any atom is -0.465 e. The lowest BCUT2D eigenvalue weighted by atomic mass is 10.1. The first-order valence-electron chi connectivity index (χ1n) is 6.48. The Hall–Kier alpha value is -1.75. The summed E-state index contributed by atoms with van der Waals surface area (Å²) in [5, 5.41) is 3.33. The second-order valence-electron chi connectivity index (χ2n) is 4.78. The van der Waals surface area contributed by atoms with Crippen LogP contribution in [0.25, 0.3) is 0 Å². The zero-order valence-corrected chi connectivity index (χ0v) is 11.3. The van der Waals surface area contributed by atoms with Crippen molar-refractivity contribution in [3.63, 3.8) is 0 Å². The molecule has 104 valence electrons. The van der Waals surface area contributed by atoms with E-state index in [0.29, 0.717) is 11.3 Å². The molecule has 3 N–H and O–H groups in total. The standard InChI is InChI=1S/C14H20N2O3/c1-9(13-4-3-7-19-13)16-12-6-5-10(8-11(12)15)14(17)18-2/h5-6,8-9,13,16H,3-4,7,15H2,1-2H3. The maximum atomic E-state index is 11.4. The van der Waals surface area contributed by atoms with E-state index in [0.717, 1.165) is 25.1 Å². The van der Waals surface area contributed by atoms with Gasteiger partial charge in [-0.05, 0) is 38.0 Å². The van der Waals surface area contributed by atoms with Gasteiger partial charge in [-0.15, -0.1) is 0 Å². The predicted molar refractivity (Wildman–Crippen MR) is 74.3 cm³/mol. The molecule has 0 spiro atoms. The van der Waals surface area contributed by atoms with Gasteiger partial charge in [0.1, 0.15) is 0 Å². The van der Waals surface area contributed by atoms with Gasteiger partial charge >= 0.3 is 5.97 Å². The Labute approximate surface area is 113 Å². The van der Waals surface area contributed by atoms with Gasteiger partial charge in [-0.3, -0.25) is 0 Å². The lowest BCUT2D eigenvalue weighted by Crippen LogP contribution is -2.30. The number of nitrogens with two attached hydrogens (primary N) is 1. The molecule has 1 aromatic rings. The number of nitrogens with one attached hydrogen (secondary N) is 1. The van der Waals surface area contributed by atoms with E-state index in [1.807, 2.05) is 0 Å². The number of hydrogen-bond donors (Lipinski definition) is 2. The summed E-state index contributed by atoms with van der Waals surface area (Å²) in [4.78, 5) is 11.4. The number of esters is 1. The summed E-state index contributed by atoms with van der Waals surface area (Å²) >= 11 is 0. The van der Waals surface area contributed by atoms with Crippen molar-refractivity contribution in [3.05, 3.63) is 23.8 Å². The van der Waals surface area contributed by atoms with Gasteiger partial charge in [0.25, 0.3) is 0 Å². The Balaban J connectivity index is 2.06. The molecule has 2 atom stereocenters. The van der Waals surface area contributed by atoms with E-state index in [9.17, 15) is 4.79 Å². The van der Waals surface area contributed by atoms with E-state index in [-0.39, 0.29) is 18.1 Å². The summed E-state index contributed by atoms with van der Waals surface area (Å²) in [5.41, 5.74) is 7.75. The molecular formula is C14H20N2O3. The SMILES string of the molecule is COC(=O)c1ccc(NC(C)C2CCCO2)c(N)c1. The van der Waals surface area contributed by atoms with Gasteiger partial charge in [0, 0.05) is 12.6 Å². The van der Waals surface area contributed by atoms with Crippen LogP contribution in [0.4, 0.5) is 11.4 Å². The van der Waals surface area contributed by atoms with Crippen molar-refractivity contribution in [2.45, 2.75) is 31.9 Å². The van der Waals surface area contributed by atoms with Crippen LogP contribution in [0, 0.1) is 0 Å². The van der Waals surface area contributed by atoms with E-state index >= 15 is 0 Å². The van der Waals surface area contributed by atoms with Crippen LogP contribution in [0.5, 0.6) is 0 Å². The smallest absolute Gasteiger partial charge is 0.337 e. The van der Waals surface area contributed by atoms with Crippen molar-refractivity contribution in [2.75, 3.05) is 24.8 Å². The number of carbonyl (C=O) groups is 1. The van der Waals surface area contributed by atoms with Gasteiger partial charge < -0.3 is 20.5 Å². The van der Waals surface area contributed by atoms with Gasteiger partial charge in [0.05, 0.1) is 30.2 Å². The Bertz CT molecular complexity index is 456. The number of hydrogen-bond acceptors (Lipinski definition) is 5. The highest BCUT2D eigenvalue weighted by atomic mass is 16.5. The Morgan fingerprint density at radius 3 is 2.95 bits per heavy atom. The normalized spacial score (nSPS) is 20.0. The molecule has 0 amide bonds. The second-order valence-corrected chi connectivity index (χ2v) is 4.78. The number of anilines is 2. The van der Waals surface area contributed by atoms with Gasteiger partial charge in [-0.2, -0.15) is 0 Å². The number of nitrogen functional groups attached to an aromatic ring is 1. The fourth-order valence-electron chi connectivity index (χ4n) is 2.27. The molecule has 0 radical (unpaired) electrons. The van der Waals surface area contributed by atoms with Crippen LogP contribution in [0.15, 0.2) is 18.2 Å². The molecule has 0 saturated carbocycles. The average Bonchev–Trinajstić information content (AvgIpc) is 2.94. The molecule has 1 aliphatic rings. The Morgan fingerprint density at radius 2 is 2.37 bits per heavy atom. The molecule has 5 nitrogen and oxygen atoms in total. The van der Waals surface area contributed by atoms with Crippen molar-refractivity contribution < 1.29 is 14.3 Å². The van der Waals surface area contributed by atoms with Gasteiger partial charge in [0.2, 0.25) is 0 Å². The first-order chi connectivity index (χ1) is 9.11. The lowest BCUT2D eigenvalue weighted by molar-refractivity contribution is 0.0601. The molecule has 0 aromatic heterocycles. The summed E-state index contributed by atoms with van der Waals surface area (Å²) in [5.74, 6) is -0.384. The van der Waals surface area contributed by atoms with E-state index in [2.05, 4.69) is 17.0 Å². The summed E-state index contributed by atoms with van der Waals surface area (Å²) < 4.78 is 10.3. The van der Waals surface area contributed by atoms with Gasteiger partial charge in [-0.25, -0.2) is 4.79 Å². The van der Waals surface area contributed by atoms with Crippen molar-refractivity contribution in [1.29, 1.82) is 0 Å². The first kappa shape index (κ1) is 13.7. The van der Waals surface area contributed by atoms with Crippen molar-refractivity contribution in [2.24, 2.45) is 0 Å². The number of methoxy groups -OCH3 is 1. The molecule has 1 saturated heterocycles.